The molecule has 20 heavy (non-hydrogen) atoms. The van der Waals surface area contributed by atoms with Gasteiger partial charge in [-0.15, -0.1) is 0 Å². The van der Waals surface area contributed by atoms with E-state index in [1.54, 1.807) is 0 Å². The maximum Gasteiger partial charge on any atom is 0.495 e. The molecule has 112 valence electrons. The number of hydrogen-bond acceptors (Lipinski definition) is 7. The van der Waals surface area contributed by atoms with Gasteiger partial charge in [-0.2, -0.15) is 28.6 Å². The highest BCUT2D eigenvalue weighted by molar-refractivity contribution is 5.78. The average molecular weight is 297 g/mol. The van der Waals surface area contributed by atoms with Gasteiger partial charge >= 0.3 is 18.1 Å². The number of ether oxygens (including phenoxy) is 1. The van der Waals surface area contributed by atoms with Crippen molar-refractivity contribution in [3.63, 3.8) is 0 Å². The first-order chi connectivity index (χ1) is 9.30. The lowest BCUT2D eigenvalue weighted by atomic mass is 10.3. The standard InChI is InChI=1S/C9H10F3N3O5/c1-5(18-3-2-6-4-13-15-14-6)7(16)19-20-8(17)9(10,11)12/h4-5H,2-3H2,1H3,(H,13,14,15). The third kappa shape index (κ3) is 5.22. The summed E-state index contributed by atoms with van der Waals surface area (Å²) in [5, 5.41) is 9.62. The molecule has 1 unspecified atom stereocenters. The van der Waals surface area contributed by atoms with Crippen LogP contribution in [0.5, 0.6) is 0 Å². The molecule has 0 fully saturated rings. The van der Waals surface area contributed by atoms with E-state index in [0.717, 1.165) is 0 Å². The van der Waals surface area contributed by atoms with Crippen LogP contribution in [0, 0.1) is 0 Å². The van der Waals surface area contributed by atoms with Gasteiger partial charge in [0.05, 0.1) is 18.5 Å². The van der Waals surface area contributed by atoms with Crippen molar-refractivity contribution in [3.8, 4) is 0 Å². The van der Waals surface area contributed by atoms with Gasteiger partial charge in [-0.1, -0.05) is 0 Å². The molecule has 1 heterocycles. The Balaban J connectivity index is 2.24. The van der Waals surface area contributed by atoms with E-state index in [-0.39, 0.29) is 6.61 Å². The Labute approximate surface area is 110 Å². The number of aromatic amines is 1. The van der Waals surface area contributed by atoms with Crippen molar-refractivity contribution in [2.75, 3.05) is 6.61 Å². The fraction of sp³-hybridized carbons (Fsp3) is 0.556. The molecule has 0 amide bonds. The highest BCUT2D eigenvalue weighted by atomic mass is 19.4. The third-order valence-electron chi connectivity index (χ3n) is 1.95. The fourth-order valence-electron chi connectivity index (χ4n) is 0.948. The van der Waals surface area contributed by atoms with Gasteiger partial charge < -0.3 is 4.74 Å². The number of nitrogens with one attached hydrogen (secondary N) is 1. The van der Waals surface area contributed by atoms with E-state index < -0.39 is 24.2 Å². The minimum absolute atomic E-state index is 0.0516. The number of rotatable bonds is 5. The van der Waals surface area contributed by atoms with E-state index in [1.807, 2.05) is 0 Å². The number of carbonyl (C=O) groups is 2. The number of carbonyl (C=O) groups excluding carboxylic acids is 2. The van der Waals surface area contributed by atoms with Crippen molar-refractivity contribution in [1.82, 2.24) is 15.4 Å². The summed E-state index contributed by atoms with van der Waals surface area (Å²) in [7, 11) is 0. The van der Waals surface area contributed by atoms with Crippen LogP contribution in [0.2, 0.25) is 0 Å². The molecule has 0 spiro atoms. The van der Waals surface area contributed by atoms with Gasteiger partial charge in [-0.25, -0.2) is 19.4 Å². The summed E-state index contributed by atoms with van der Waals surface area (Å²) < 4.78 is 40.2. The second-order valence-corrected chi connectivity index (χ2v) is 3.50. The Kier molecular flexibility index (Phi) is 5.43. The normalized spacial score (nSPS) is 12.8. The molecule has 11 heteroatoms. The zero-order valence-electron chi connectivity index (χ0n) is 10.1. The Bertz CT molecular complexity index is 448. The predicted octanol–water partition coefficient (Wildman–Crippen LogP) is 0.316. The van der Waals surface area contributed by atoms with Crippen molar-refractivity contribution in [3.05, 3.63) is 11.9 Å². The molecule has 0 radical (unpaired) electrons. The van der Waals surface area contributed by atoms with E-state index in [4.69, 9.17) is 4.74 Å². The molecular formula is C9H10F3N3O5. The number of aromatic nitrogens is 3. The van der Waals surface area contributed by atoms with Crippen LogP contribution in [0.4, 0.5) is 13.2 Å². The van der Waals surface area contributed by atoms with Crippen LogP contribution in [0.3, 0.4) is 0 Å². The van der Waals surface area contributed by atoms with Gasteiger partial charge in [0.25, 0.3) is 0 Å². The molecule has 1 N–H and O–H groups in total. The molecule has 1 aromatic heterocycles. The molecular weight excluding hydrogens is 287 g/mol. The minimum atomic E-state index is -5.24. The summed E-state index contributed by atoms with van der Waals surface area (Å²) in [6.07, 6.45) is -4.67. The van der Waals surface area contributed by atoms with Crippen LogP contribution in [0.15, 0.2) is 6.20 Å². The highest BCUT2D eigenvalue weighted by Gasteiger charge is 2.43. The first-order valence-corrected chi connectivity index (χ1v) is 5.26. The number of H-pyrrole nitrogens is 1. The fourth-order valence-corrected chi connectivity index (χ4v) is 0.948. The zero-order valence-corrected chi connectivity index (χ0v) is 10.1. The maximum absolute atomic E-state index is 11.7. The van der Waals surface area contributed by atoms with Crippen molar-refractivity contribution in [2.24, 2.45) is 0 Å². The monoisotopic (exact) mass is 297 g/mol. The SMILES string of the molecule is CC(OCCc1cn[nH]n1)C(=O)OOC(=O)C(F)(F)F. The van der Waals surface area contributed by atoms with Crippen LogP contribution < -0.4 is 0 Å². The molecule has 1 rings (SSSR count). The summed E-state index contributed by atoms with van der Waals surface area (Å²) in [4.78, 5) is 28.5. The molecule has 0 saturated heterocycles. The Hall–Kier alpha value is -2.17. The van der Waals surface area contributed by atoms with E-state index in [0.29, 0.717) is 12.1 Å². The lowest BCUT2D eigenvalue weighted by molar-refractivity contribution is -0.289. The summed E-state index contributed by atoms with van der Waals surface area (Å²) >= 11 is 0. The van der Waals surface area contributed by atoms with Gasteiger partial charge in [0.1, 0.15) is 0 Å². The summed E-state index contributed by atoms with van der Waals surface area (Å²) in [6, 6.07) is 0. The lowest BCUT2D eigenvalue weighted by Gasteiger charge is -2.11. The molecule has 0 aliphatic carbocycles. The van der Waals surface area contributed by atoms with Crippen molar-refractivity contribution < 1.29 is 37.3 Å². The molecule has 0 aliphatic rings. The summed E-state index contributed by atoms with van der Waals surface area (Å²) in [5.74, 6) is -3.89. The van der Waals surface area contributed by atoms with Crippen molar-refractivity contribution >= 4 is 11.9 Å². The largest absolute Gasteiger partial charge is 0.495 e. The summed E-state index contributed by atoms with van der Waals surface area (Å²) in [6.45, 7) is 1.28. The van der Waals surface area contributed by atoms with Gasteiger partial charge in [0.15, 0.2) is 6.10 Å². The Morgan fingerprint density at radius 2 is 2.10 bits per heavy atom. The Morgan fingerprint density at radius 1 is 1.40 bits per heavy atom. The molecule has 0 aromatic carbocycles. The van der Waals surface area contributed by atoms with Gasteiger partial charge in [0.2, 0.25) is 0 Å². The zero-order chi connectivity index (χ0) is 15.2. The molecule has 0 saturated carbocycles. The maximum atomic E-state index is 11.7. The van der Waals surface area contributed by atoms with E-state index >= 15 is 0 Å². The molecule has 1 atom stereocenters. The number of halogens is 3. The lowest BCUT2D eigenvalue weighted by Crippen LogP contribution is -2.30. The smallest absolute Gasteiger partial charge is 0.366 e. The molecule has 8 nitrogen and oxygen atoms in total. The van der Waals surface area contributed by atoms with Gasteiger partial charge in [-0.05, 0) is 6.92 Å². The highest BCUT2D eigenvalue weighted by Crippen LogP contribution is 2.16. The van der Waals surface area contributed by atoms with Crippen LogP contribution in [0.1, 0.15) is 12.6 Å². The van der Waals surface area contributed by atoms with Crippen LogP contribution in [0.25, 0.3) is 0 Å². The van der Waals surface area contributed by atoms with E-state index in [2.05, 4.69) is 25.2 Å². The minimum Gasteiger partial charge on any atom is -0.366 e. The van der Waals surface area contributed by atoms with Gasteiger partial charge in [0, 0.05) is 6.42 Å². The van der Waals surface area contributed by atoms with E-state index in [1.165, 1.54) is 13.1 Å². The van der Waals surface area contributed by atoms with Crippen LogP contribution in [-0.2, 0) is 30.5 Å². The first-order valence-electron chi connectivity index (χ1n) is 5.26. The van der Waals surface area contributed by atoms with Crippen molar-refractivity contribution in [1.29, 1.82) is 0 Å². The average Bonchev–Trinajstić information content (AvgIpc) is 2.87. The number of hydrogen-bond donors (Lipinski definition) is 1. The third-order valence-corrected chi connectivity index (χ3v) is 1.95. The second-order valence-electron chi connectivity index (χ2n) is 3.50. The first kappa shape index (κ1) is 15.9. The van der Waals surface area contributed by atoms with Crippen molar-refractivity contribution in [2.45, 2.75) is 25.6 Å². The Morgan fingerprint density at radius 3 is 2.65 bits per heavy atom. The summed E-state index contributed by atoms with van der Waals surface area (Å²) in [5.41, 5.74) is 0.578. The number of nitrogens with zero attached hydrogens (tertiary/aromatic N) is 2. The van der Waals surface area contributed by atoms with Gasteiger partial charge in [-0.3, -0.25) is 0 Å². The molecule has 0 aliphatic heterocycles. The second kappa shape index (κ2) is 6.84. The topological polar surface area (TPSA) is 103 Å². The van der Waals surface area contributed by atoms with E-state index in [9.17, 15) is 22.8 Å². The predicted molar refractivity (Wildman–Crippen MR) is 53.7 cm³/mol. The van der Waals surface area contributed by atoms with Crippen LogP contribution >= 0.6 is 0 Å². The molecule has 0 bridgehead atoms. The molecule has 1 aromatic rings. The number of alkyl halides is 3. The quantitative estimate of drug-likeness (QED) is 0.616. The van der Waals surface area contributed by atoms with Crippen LogP contribution in [-0.4, -0.2) is 46.2 Å².